The molecule has 0 saturated heterocycles. The zero-order valence-electron chi connectivity index (χ0n) is 14.8. The Morgan fingerprint density at radius 2 is 1.20 bits per heavy atom. The van der Waals surface area contributed by atoms with Gasteiger partial charge in [-0.15, -0.1) is 0 Å². The van der Waals surface area contributed by atoms with Crippen molar-refractivity contribution >= 4 is 0 Å². The Hall–Kier alpha value is -0.160. The van der Waals surface area contributed by atoms with Crippen molar-refractivity contribution in [2.75, 3.05) is 81.3 Å². The molecule has 122 valence electrons. The summed E-state index contributed by atoms with van der Waals surface area (Å²) in [4.78, 5) is 0. The standard InChI is InChI=1S/C16H38N2O2/c1-7-13-19-15-16-20-14-12-18(5,6)11-9-8-10-17(2,3)4/h7-16H2,1-6H3/q+2. The Balaban J connectivity index is 3.49. The second-order valence-electron chi connectivity index (χ2n) is 7.33. The molecule has 0 saturated carbocycles. The Morgan fingerprint density at radius 1 is 0.650 bits per heavy atom. The number of quaternary nitrogens is 2. The molecule has 0 aliphatic heterocycles. The van der Waals surface area contributed by atoms with Gasteiger partial charge in [-0.25, -0.2) is 0 Å². The van der Waals surface area contributed by atoms with Crippen molar-refractivity contribution in [2.45, 2.75) is 26.2 Å². The van der Waals surface area contributed by atoms with Crippen molar-refractivity contribution in [1.29, 1.82) is 0 Å². The average Bonchev–Trinajstić information content (AvgIpc) is 2.32. The van der Waals surface area contributed by atoms with Crippen LogP contribution in [0.2, 0.25) is 0 Å². The zero-order valence-corrected chi connectivity index (χ0v) is 14.8. The molecule has 0 amide bonds. The lowest BCUT2D eigenvalue weighted by Gasteiger charge is -2.30. The van der Waals surface area contributed by atoms with E-state index in [4.69, 9.17) is 9.47 Å². The van der Waals surface area contributed by atoms with Gasteiger partial charge < -0.3 is 18.4 Å². The van der Waals surface area contributed by atoms with Crippen LogP contribution in [0.15, 0.2) is 0 Å². The molecule has 0 aromatic rings. The van der Waals surface area contributed by atoms with E-state index in [9.17, 15) is 0 Å². The second-order valence-corrected chi connectivity index (χ2v) is 7.33. The summed E-state index contributed by atoms with van der Waals surface area (Å²) in [5.41, 5.74) is 0. The number of nitrogens with zero attached hydrogens (tertiary/aromatic N) is 2. The summed E-state index contributed by atoms with van der Waals surface area (Å²) in [6.07, 6.45) is 3.68. The lowest BCUT2D eigenvalue weighted by molar-refractivity contribution is -0.892. The Morgan fingerprint density at radius 3 is 1.75 bits per heavy atom. The smallest absolute Gasteiger partial charge is 0.102 e. The SMILES string of the molecule is CCCOCCOCC[N+](C)(C)CCCC[N+](C)(C)C. The molecular formula is C16H38N2O2+2. The molecule has 0 bridgehead atoms. The third kappa shape index (κ3) is 14.3. The molecule has 4 heteroatoms. The highest BCUT2D eigenvalue weighted by atomic mass is 16.5. The number of unbranched alkanes of at least 4 members (excludes halogenated alkanes) is 1. The van der Waals surface area contributed by atoms with Gasteiger partial charge in [0, 0.05) is 19.4 Å². The molecule has 0 aliphatic carbocycles. The topological polar surface area (TPSA) is 18.5 Å². The van der Waals surface area contributed by atoms with Gasteiger partial charge >= 0.3 is 0 Å². The van der Waals surface area contributed by atoms with Crippen molar-refractivity contribution < 1.29 is 18.4 Å². The van der Waals surface area contributed by atoms with Gasteiger partial charge in [-0.1, -0.05) is 6.92 Å². The fourth-order valence-corrected chi connectivity index (χ4v) is 2.02. The molecule has 0 rings (SSSR count). The van der Waals surface area contributed by atoms with Crippen molar-refractivity contribution in [3.8, 4) is 0 Å². The minimum atomic E-state index is 0.724. The van der Waals surface area contributed by atoms with Gasteiger partial charge in [0.05, 0.1) is 68.1 Å². The van der Waals surface area contributed by atoms with Crippen molar-refractivity contribution in [3.05, 3.63) is 0 Å². The van der Waals surface area contributed by atoms with E-state index in [0.717, 1.165) is 48.4 Å². The number of likely N-dealkylation sites (N-methyl/N-ethyl adjacent to an activating group) is 1. The molecule has 0 N–H and O–H groups in total. The van der Waals surface area contributed by atoms with E-state index >= 15 is 0 Å². The van der Waals surface area contributed by atoms with Gasteiger partial charge in [0.15, 0.2) is 0 Å². The summed E-state index contributed by atoms with van der Waals surface area (Å²) < 4.78 is 13.1. The number of hydrogen-bond acceptors (Lipinski definition) is 2. The predicted molar refractivity (Wildman–Crippen MR) is 85.9 cm³/mol. The summed E-state index contributed by atoms with van der Waals surface area (Å²) >= 11 is 0. The van der Waals surface area contributed by atoms with Crippen LogP contribution in [0.25, 0.3) is 0 Å². The van der Waals surface area contributed by atoms with E-state index in [1.807, 2.05) is 0 Å². The molecule has 4 nitrogen and oxygen atoms in total. The quantitative estimate of drug-likeness (QED) is 0.381. The van der Waals surface area contributed by atoms with Crippen LogP contribution < -0.4 is 0 Å². The minimum Gasteiger partial charge on any atom is -0.379 e. The van der Waals surface area contributed by atoms with E-state index < -0.39 is 0 Å². The van der Waals surface area contributed by atoms with Gasteiger partial charge in [-0.3, -0.25) is 0 Å². The van der Waals surface area contributed by atoms with Crippen LogP contribution in [0.4, 0.5) is 0 Å². The number of rotatable bonds is 13. The second kappa shape index (κ2) is 10.6. The molecule has 0 unspecified atom stereocenters. The molecule has 0 spiro atoms. The predicted octanol–water partition coefficient (Wildman–Crippen LogP) is 1.99. The highest BCUT2D eigenvalue weighted by Crippen LogP contribution is 2.04. The molecule has 0 aliphatic rings. The first kappa shape index (κ1) is 19.8. The summed E-state index contributed by atoms with van der Waals surface area (Å²) in [5.74, 6) is 0. The molecule has 0 fully saturated rings. The molecular weight excluding hydrogens is 252 g/mol. The average molecular weight is 290 g/mol. The minimum absolute atomic E-state index is 0.724. The van der Waals surface area contributed by atoms with Crippen LogP contribution in [0, 0.1) is 0 Å². The van der Waals surface area contributed by atoms with Crippen LogP contribution in [-0.4, -0.2) is 90.3 Å². The normalized spacial score (nSPS) is 12.9. The van der Waals surface area contributed by atoms with Crippen molar-refractivity contribution in [3.63, 3.8) is 0 Å². The molecule has 20 heavy (non-hydrogen) atoms. The molecule has 0 aromatic carbocycles. The van der Waals surface area contributed by atoms with Crippen molar-refractivity contribution in [1.82, 2.24) is 0 Å². The fourth-order valence-electron chi connectivity index (χ4n) is 2.02. The first-order chi connectivity index (χ1) is 9.27. The van der Waals surface area contributed by atoms with Crippen LogP contribution in [-0.2, 0) is 9.47 Å². The highest BCUT2D eigenvalue weighted by molar-refractivity contribution is 4.41. The van der Waals surface area contributed by atoms with Gasteiger partial charge in [-0.2, -0.15) is 0 Å². The molecule has 0 heterocycles. The fraction of sp³-hybridized carbons (Fsp3) is 1.00. The maximum absolute atomic E-state index is 5.63. The first-order valence-corrected chi connectivity index (χ1v) is 8.05. The molecule has 0 radical (unpaired) electrons. The van der Waals surface area contributed by atoms with Crippen LogP contribution in [0.5, 0.6) is 0 Å². The van der Waals surface area contributed by atoms with Crippen molar-refractivity contribution in [2.24, 2.45) is 0 Å². The molecule has 0 aromatic heterocycles. The van der Waals surface area contributed by atoms with Gasteiger partial charge in [0.1, 0.15) is 6.54 Å². The Kier molecular flexibility index (Phi) is 10.5. The van der Waals surface area contributed by atoms with Gasteiger partial charge in [0.2, 0.25) is 0 Å². The number of ether oxygens (including phenoxy) is 2. The van der Waals surface area contributed by atoms with E-state index in [1.165, 1.54) is 25.9 Å². The van der Waals surface area contributed by atoms with Crippen LogP contribution in [0.3, 0.4) is 0 Å². The monoisotopic (exact) mass is 290 g/mol. The zero-order chi connectivity index (χ0) is 15.5. The highest BCUT2D eigenvalue weighted by Gasteiger charge is 2.15. The van der Waals surface area contributed by atoms with Gasteiger partial charge in [0.25, 0.3) is 0 Å². The summed E-state index contributed by atoms with van der Waals surface area (Å²) in [6.45, 7) is 8.82. The Labute approximate surface area is 126 Å². The summed E-state index contributed by atoms with van der Waals surface area (Å²) in [6, 6.07) is 0. The summed E-state index contributed by atoms with van der Waals surface area (Å²) in [7, 11) is 11.4. The van der Waals surface area contributed by atoms with Gasteiger partial charge in [-0.05, 0) is 6.42 Å². The maximum atomic E-state index is 5.63. The largest absolute Gasteiger partial charge is 0.379 e. The first-order valence-electron chi connectivity index (χ1n) is 8.05. The summed E-state index contributed by atoms with van der Waals surface area (Å²) in [5, 5.41) is 0. The third-order valence-corrected chi connectivity index (χ3v) is 3.40. The Bertz CT molecular complexity index is 225. The van der Waals surface area contributed by atoms with Crippen LogP contribution in [0.1, 0.15) is 26.2 Å². The van der Waals surface area contributed by atoms with E-state index in [-0.39, 0.29) is 0 Å². The lowest BCUT2D eigenvalue weighted by atomic mass is 10.2. The van der Waals surface area contributed by atoms with E-state index in [2.05, 4.69) is 42.2 Å². The van der Waals surface area contributed by atoms with E-state index in [1.54, 1.807) is 0 Å². The number of hydrogen-bond donors (Lipinski definition) is 0. The van der Waals surface area contributed by atoms with E-state index in [0.29, 0.717) is 0 Å². The molecule has 0 atom stereocenters. The van der Waals surface area contributed by atoms with Crippen LogP contribution >= 0.6 is 0 Å². The lowest BCUT2D eigenvalue weighted by Crippen LogP contribution is -2.43. The maximum Gasteiger partial charge on any atom is 0.102 e. The third-order valence-electron chi connectivity index (χ3n) is 3.40.